The first-order valence-electron chi connectivity index (χ1n) is 5.78. The van der Waals surface area contributed by atoms with Crippen molar-refractivity contribution < 1.29 is 0 Å². The van der Waals surface area contributed by atoms with Gasteiger partial charge in [0.15, 0.2) is 0 Å². The fraction of sp³-hybridized carbons (Fsp3) is 0.125. The smallest absolute Gasteiger partial charge is 0.0999 e. The Morgan fingerprint density at radius 3 is 2.28 bits per heavy atom. The lowest BCUT2D eigenvalue weighted by Gasteiger charge is -2.12. The van der Waals surface area contributed by atoms with Gasteiger partial charge in [-0.1, -0.05) is 50.1 Å². The molecule has 0 rings (SSSR count). The predicted molar refractivity (Wildman–Crippen MR) is 81.6 cm³/mol. The second kappa shape index (κ2) is 9.97. The van der Waals surface area contributed by atoms with Gasteiger partial charge in [0.2, 0.25) is 0 Å². The minimum absolute atomic E-state index is 0.700. The topological polar surface area (TPSA) is 24.1 Å². The molecule has 0 amide bonds. The lowest BCUT2D eigenvalue weighted by Crippen LogP contribution is -2.23. The van der Waals surface area contributed by atoms with Gasteiger partial charge < -0.3 is 10.6 Å². The van der Waals surface area contributed by atoms with E-state index in [0.29, 0.717) is 5.82 Å². The Kier molecular flexibility index (Phi) is 8.74. The molecule has 0 bridgehead atoms. The van der Waals surface area contributed by atoms with Crippen molar-refractivity contribution in [2.45, 2.75) is 13.8 Å². The maximum absolute atomic E-state index is 3.90. The third kappa shape index (κ3) is 7.99. The van der Waals surface area contributed by atoms with Gasteiger partial charge in [-0.2, -0.15) is 0 Å². The molecule has 0 fully saturated rings. The molecule has 0 atom stereocenters. The molecule has 0 radical (unpaired) electrons. The molecule has 0 spiro atoms. The molecule has 2 N–H and O–H groups in total. The summed E-state index contributed by atoms with van der Waals surface area (Å²) in [4.78, 5) is 0. The van der Waals surface area contributed by atoms with Gasteiger partial charge in [0.05, 0.1) is 5.82 Å². The molecular formula is C16H22N2. The first kappa shape index (κ1) is 15.8. The van der Waals surface area contributed by atoms with Gasteiger partial charge >= 0.3 is 0 Å². The molecular weight excluding hydrogens is 220 g/mol. The van der Waals surface area contributed by atoms with Crippen molar-refractivity contribution in [1.82, 2.24) is 10.6 Å². The van der Waals surface area contributed by atoms with Crippen molar-refractivity contribution in [3.63, 3.8) is 0 Å². The summed E-state index contributed by atoms with van der Waals surface area (Å²) in [6.07, 6.45) is 15.0. The van der Waals surface area contributed by atoms with E-state index in [1.54, 1.807) is 12.2 Å². The van der Waals surface area contributed by atoms with Crippen LogP contribution in [0.5, 0.6) is 0 Å². The summed E-state index contributed by atoms with van der Waals surface area (Å²) in [5, 5.41) is 6.26. The number of hydrogen-bond acceptors (Lipinski definition) is 2. The Morgan fingerprint density at radius 2 is 1.72 bits per heavy atom. The van der Waals surface area contributed by atoms with Crippen LogP contribution in [0.3, 0.4) is 0 Å². The van der Waals surface area contributed by atoms with Crippen LogP contribution in [0.25, 0.3) is 0 Å². The summed E-state index contributed by atoms with van der Waals surface area (Å²) in [6.45, 7) is 15.2. The average molecular weight is 242 g/mol. The number of hydrogen-bond donors (Lipinski definition) is 2. The zero-order valence-electron chi connectivity index (χ0n) is 11.2. The Morgan fingerprint density at radius 1 is 1.00 bits per heavy atom. The zero-order valence-corrected chi connectivity index (χ0v) is 11.2. The molecule has 18 heavy (non-hydrogen) atoms. The molecule has 0 aromatic carbocycles. The summed E-state index contributed by atoms with van der Waals surface area (Å²) in [5.41, 5.74) is 1.88. The van der Waals surface area contributed by atoms with Gasteiger partial charge in [0.1, 0.15) is 0 Å². The highest BCUT2D eigenvalue weighted by atomic mass is 15.1. The van der Waals surface area contributed by atoms with Gasteiger partial charge in [0, 0.05) is 11.4 Å². The van der Waals surface area contributed by atoms with E-state index < -0.39 is 0 Å². The molecule has 0 heterocycles. The Labute approximate surface area is 110 Å². The Balaban J connectivity index is 4.41. The quantitative estimate of drug-likeness (QED) is 0.630. The molecule has 0 aromatic rings. The normalized spacial score (nSPS) is 12.8. The average Bonchev–Trinajstić information content (AvgIpc) is 2.34. The van der Waals surface area contributed by atoms with Crippen molar-refractivity contribution in [3.8, 4) is 0 Å². The van der Waals surface area contributed by atoms with E-state index in [2.05, 4.69) is 30.4 Å². The summed E-state index contributed by atoms with van der Waals surface area (Å²) < 4.78 is 0. The molecule has 0 unspecified atom stereocenters. The summed E-state index contributed by atoms with van der Waals surface area (Å²) in [5.74, 6) is 0.700. The van der Waals surface area contributed by atoms with Gasteiger partial charge in [-0.3, -0.25) is 0 Å². The fourth-order valence-electron chi connectivity index (χ4n) is 1.12. The molecule has 0 aromatic heterocycles. The van der Waals surface area contributed by atoms with Crippen LogP contribution in [0.2, 0.25) is 0 Å². The van der Waals surface area contributed by atoms with Crippen LogP contribution < -0.4 is 10.6 Å². The molecule has 0 aliphatic heterocycles. The lowest BCUT2D eigenvalue weighted by molar-refractivity contribution is 0.849. The third-order valence-electron chi connectivity index (χ3n) is 1.92. The second-order valence-electron chi connectivity index (χ2n) is 3.55. The maximum Gasteiger partial charge on any atom is 0.0999 e. The van der Waals surface area contributed by atoms with Crippen LogP contribution >= 0.6 is 0 Å². The SMILES string of the molecule is C=C/C=C\C=C(/C)NC(=C)N/C(C=C)=C/C=C\C. The van der Waals surface area contributed by atoms with Crippen molar-refractivity contribution in [3.05, 3.63) is 85.6 Å². The zero-order chi connectivity index (χ0) is 13.8. The number of nitrogens with one attached hydrogen (secondary N) is 2. The Bertz CT molecular complexity index is 407. The molecule has 96 valence electrons. The predicted octanol–water partition coefficient (Wildman–Crippen LogP) is 3.93. The van der Waals surface area contributed by atoms with E-state index in [9.17, 15) is 0 Å². The van der Waals surface area contributed by atoms with Gasteiger partial charge in [0.25, 0.3) is 0 Å². The van der Waals surface area contributed by atoms with Gasteiger partial charge in [-0.15, -0.1) is 0 Å². The summed E-state index contributed by atoms with van der Waals surface area (Å²) in [6, 6.07) is 0. The molecule has 0 saturated heterocycles. The maximum atomic E-state index is 3.90. The first-order valence-corrected chi connectivity index (χ1v) is 5.78. The van der Waals surface area contributed by atoms with Crippen molar-refractivity contribution >= 4 is 0 Å². The van der Waals surface area contributed by atoms with Crippen LogP contribution in [0.4, 0.5) is 0 Å². The van der Waals surface area contributed by atoms with Crippen molar-refractivity contribution in [2.24, 2.45) is 0 Å². The molecule has 0 aliphatic carbocycles. The van der Waals surface area contributed by atoms with Crippen LogP contribution in [-0.2, 0) is 0 Å². The van der Waals surface area contributed by atoms with Crippen LogP contribution in [0.15, 0.2) is 85.6 Å². The largest absolute Gasteiger partial charge is 0.346 e. The fourth-order valence-corrected chi connectivity index (χ4v) is 1.12. The van der Waals surface area contributed by atoms with Crippen LogP contribution in [0, 0.1) is 0 Å². The minimum Gasteiger partial charge on any atom is -0.346 e. The van der Waals surface area contributed by atoms with Crippen molar-refractivity contribution in [2.75, 3.05) is 0 Å². The van der Waals surface area contributed by atoms with E-state index in [0.717, 1.165) is 11.4 Å². The molecule has 0 aliphatic rings. The lowest BCUT2D eigenvalue weighted by atomic mass is 10.3. The van der Waals surface area contributed by atoms with E-state index in [-0.39, 0.29) is 0 Å². The van der Waals surface area contributed by atoms with Crippen LogP contribution in [0.1, 0.15) is 13.8 Å². The third-order valence-corrected chi connectivity index (χ3v) is 1.92. The van der Waals surface area contributed by atoms with Gasteiger partial charge in [-0.25, -0.2) is 0 Å². The molecule has 2 nitrogen and oxygen atoms in total. The summed E-state index contributed by atoms with van der Waals surface area (Å²) in [7, 11) is 0. The van der Waals surface area contributed by atoms with E-state index >= 15 is 0 Å². The van der Waals surface area contributed by atoms with E-state index in [4.69, 9.17) is 0 Å². The Hall–Kier alpha value is -2.22. The first-order chi connectivity index (χ1) is 8.63. The van der Waals surface area contributed by atoms with E-state index in [1.807, 2.05) is 50.3 Å². The highest BCUT2D eigenvalue weighted by molar-refractivity contribution is 5.25. The standard InChI is InChI=1S/C16H22N2/c1-6-9-11-12-14(4)17-15(5)18-16(8-3)13-10-7-2/h6-13,17-18H,1,3,5H2,2,4H3/b10-7-,11-9-,14-12+,16-13+. The monoisotopic (exact) mass is 242 g/mol. The highest BCUT2D eigenvalue weighted by Gasteiger charge is 1.94. The molecule has 0 saturated carbocycles. The second-order valence-corrected chi connectivity index (χ2v) is 3.55. The van der Waals surface area contributed by atoms with Crippen molar-refractivity contribution in [1.29, 1.82) is 0 Å². The van der Waals surface area contributed by atoms with Crippen LogP contribution in [-0.4, -0.2) is 0 Å². The van der Waals surface area contributed by atoms with E-state index in [1.165, 1.54) is 0 Å². The highest BCUT2D eigenvalue weighted by Crippen LogP contribution is 1.97. The minimum atomic E-state index is 0.700. The van der Waals surface area contributed by atoms with Gasteiger partial charge in [-0.05, 0) is 32.1 Å². The number of rotatable bonds is 8. The summed E-state index contributed by atoms with van der Waals surface area (Å²) >= 11 is 0. The number of allylic oxidation sites excluding steroid dienone is 9. The molecule has 2 heteroatoms.